The zero-order valence-electron chi connectivity index (χ0n) is 18.5. The molecular formula is C25H26N2O6S. The quantitative estimate of drug-likeness (QED) is 0.652. The van der Waals surface area contributed by atoms with Crippen molar-refractivity contribution in [2.24, 2.45) is 0 Å². The van der Waals surface area contributed by atoms with Crippen molar-refractivity contribution in [3.63, 3.8) is 0 Å². The Balaban J connectivity index is 1.11. The minimum Gasteiger partial charge on any atom is -0.480 e. The Morgan fingerprint density at radius 3 is 2.41 bits per heavy atom. The number of nitrogens with one attached hydrogen (secondary N) is 1. The number of hydrogen-bond acceptors (Lipinski definition) is 6. The highest BCUT2D eigenvalue weighted by Gasteiger charge is 2.41. The van der Waals surface area contributed by atoms with Gasteiger partial charge in [-0.2, -0.15) is 0 Å². The van der Waals surface area contributed by atoms with E-state index < -0.39 is 24.2 Å². The van der Waals surface area contributed by atoms with Gasteiger partial charge >= 0.3 is 12.1 Å². The second-order valence-corrected chi connectivity index (χ2v) is 9.69. The van der Waals surface area contributed by atoms with E-state index in [4.69, 9.17) is 9.47 Å². The number of ether oxygens (including phenoxy) is 2. The Kier molecular flexibility index (Phi) is 6.47. The molecule has 2 aromatic carbocycles. The van der Waals surface area contributed by atoms with Gasteiger partial charge in [0.05, 0.1) is 12.0 Å². The second-order valence-electron chi connectivity index (χ2n) is 8.69. The van der Waals surface area contributed by atoms with E-state index in [1.807, 2.05) is 24.3 Å². The summed E-state index contributed by atoms with van der Waals surface area (Å²) in [7, 11) is 0. The first-order valence-electron chi connectivity index (χ1n) is 11.4. The van der Waals surface area contributed by atoms with E-state index in [0.717, 1.165) is 11.1 Å². The van der Waals surface area contributed by atoms with Gasteiger partial charge in [0.25, 0.3) is 5.91 Å². The van der Waals surface area contributed by atoms with Gasteiger partial charge in [-0.05, 0) is 35.1 Å². The molecule has 0 aromatic heterocycles. The van der Waals surface area contributed by atoms with E-state index >= 15 is 0 Å². The Morgan fingerprint density at radius 1 is 1.06 bits per heavy atom. The first-order chi connectivity index (χ1) is 16.5. The third-order valence-electron chi connectivity index (χ3n) is 6.65. The predicted octanol–water partition coefficient (Wildman–Crippen LogP) is 3.06. The molecule has 3 aliphatic rings. The van der Waals surface area contributed by atoms with Crippen molar-refractivity contribution >= 4 is 29.7 Å². The minimum absolute atomic E-state index is 0.0107. The number of benzene rings is 2. The van der Waals surface area contributed by atoms with E-state index in [2.05, 4.69) is 29.6 Å². The molecule has 34 heavy (non-hydrogen) atoms. The number of nitrogens with zero attached hydrogens (tertiary/aromatic N) is 1. The summed E-state index contributed by atoms with van der Waals surface area (Å²) < 4.78 is 11.4. The standard InChI is InChI=1S/C25H26N2O6S/c28-23(27-14-34-13-21(27)24(29)30)22-10-9-15(33-22)11-26-25(31)32-12-20-18-7-3-1-5-16(18)17-6-2-4-8-19(17)20/h1-8,15,20-22H,9-14H2,(H,26,31)(H,29,30)/t15?,21-,22?/m0/s1. The van der Waals surface area contributed by atoms with E-state index in [9.17, 15) is 19.5 Å². The summed E-state index contributed by atoms with van der Waals surface area (Å²) in [4.78, 5) is 37.8. The molecule has 8 nitrogen and oxygen atoms in total. The molecule has 0 bridgehead atoms. The summed E-state index contributed by atoms with van der Waals surface area (Å²) in [5.74, 6) is -0.548. The molecule has 1 aliphatic carbocycles. The van der Waals surface area contributed by atoms with Crippen LogP contribution in [-0.4, -0.2) is 71.0 Å². The maximum Gasteiger partial charge on any atom is 0.407 e. The van der Waals surface area contributed by atoms with Crippen molar-refractivity contribution < 1.29 is 29.0 Å². The van der Waals surface area contributed by atoms with Gasteiger partial charge < -0.3 is 24.8 Å². The maximum atomic E-state index is 12.7. The van der Waals surface area contributed by atoms with E-state index in [1.165, 1.54) is 27.8 Å². The van der Waals surface area contributed by atoms with Crippen LogP contribution in [0, 0.1) is 0 Å². The number of amides is 2. The third kappa shape index (κ3) is 4.37. The Morgan fingerprint density at radius 2 is 1.74 bits per heavy atom. The highest BCUT2D eigenvalue weighted by Crippen LogP contribution is 2.44. The van der Waals surface area contributed by atoms with E-state index in [0.29, 0.717) is 24.5 Å². The van der Waals surface area contributed by atoms with Crippen molar-refractivity contribution in [1.82, 2.24) is 10.2 Å². The molecule has 0 radical (unpaired) electrons. The molecule has 2 aliphatic heterocycles. The largest absolute Gasteiger partial charge is 0.480 e. The number of carbonyl (C=O) groups excluding carboxylic acids is 2. The lowest BCUT2D eigenvalue weighted by Gasteiger charge is -2.24. The molecule has 2 amide bonds. The fraction of sp³-hybridized carbons (Fsp3) is 0.400. The Bertz CT molecular complexity index is 1060. The number of alkyl carbamates (subject to hydrolysis) is 1. The van der Waals surface area contributed by atoms with Crippen molar-refractivity contribution in [1.29, 1.82) is 0 Å². The molecule has 0 saturated carbocycles. The topological polar surface area (TPSA) is 105 Å². The second kappa shape index (κ2) is 9.68. The first kappa shape index (κ1) is 22.7. The number of thioether (sulfide) groups is 1. The van der Waals surface area contributed by atoms with Crippen molar-refractivity contribution in [3.8, 4) is 11.1 Å². The van der Waals surface area contributed by atoms with Crippen LogP contribution < -0.4 is 5.32 Å². The molecule has 0 spiro atoms. The van der Waals surface area contributed by atoms with Crippen LogP contribution in [0.15, 0.2) is 48.5 Å². The summed E-state index contributed by atoms with van der Waals surface area (Å²) in [6.45, 7) is 0.466. The van der Waals surface area contributed by atoms with Gasteiger partial charge in [-0.3, -0.25) is 4.79 Å². The maximum absolute atomic E-state index is 12.7. The van der Waals surface area contributed by atoms with E-state index in [-0.39, 0.29) is 31.1 Å². The molecule has 2 aromatic rings. The fourth-order valence-corrected chi connectivity index (χ4v) is 6.09. The normalized spacial score (nSPS) is 23.4. The molecule has 2 N–H and O–H groups in total. The highest BCUT2D eigenvalue weighted by atomic mass is 32.2. The van der Waals surface area contributed by atoms with Crippen LogP contribution in [0.25, 0.3) is 11.1 Å². The number of hydrogen-bond donors (Lipinski definition) is 2. The lowest BCUT2D eigenvalue weighted by Crippen LogP contribution is -2.46. The number of fused-ring (bicyclic) bond motifs is 3. The first-order valence-corrected chi connectivity index (χ1v) is 12.5. The van der Waals surface area contributed by atoms with Crippen LogP contribution in [0.1, 0.15) is 29.9 Å². The van der Waals surface area contributed by atoms with Crippen LogP contribution in [-0.2, 0) is 19.1 Å². The average molecular weight is 483 g/mol. The summed E-state index contributed by atoms with van der Waals surface area (Å²) >= 11 is 1.42. The molecule has 2 fully saturated rings. The number of rotatable bonds is 6. The lowest BCUT2D eigenvalue weighted by atomic mass is 9.98. The Labute approximate surface area is 201 Å². The average Bonchev–Trinajstić information content (AvgIpc) is 3.59. The van der Waals surface area contributed by atoms with Crippen molar-refractivity contribution in [2.75, 3.05) is 24.8 Å². The van der Waals surface area contributed by atoms with Crippen molar-refractivity contribution in [3.05, 3.63) is 59.7 Å². The summed E-state index contributed by atoms with van der Waals surface area (Å²) in [5, 5.41) is 12.0. The molecule has 2 saturated heterocycles. The van der Waals surface area contributed by atoms with Gasteiger partial charge in [0.15, 0.2) is 0 Å². The highest BCUT2D eigenvalue weighted by molar-refractivity contribution is 7.99. The minimum atomic E-state index is -0.996. The van der Waals surface area contributed by atoms with E-state index in [1.54, 1.807) is 0 Å². The SMILES string of the molecule is O=C(NCC1CCC(C(=O)N2CSC[C@H]2C(=O)O)O1)OCC1c2ccccc2-c2ccccc21. The smallest absolute Gasteiger partial charge is 0.407 e. The van der Waals surface area contributed by atoms with Crippen LogP contribution in [0.2, 0.25) is 0 Å². The van der Waals surface area contributed by atoms with Gasteiger partial charge in [-0.25, -0.2) is 9.59 Å². The number of aliphatic carboxylic acids is 1. The number of carbonyl (C=O) groups is 3. The van der Waals surface area contributed by atoms with Crippen LogP contribution >= 0.6 is 11.8 Å². The Hall–Kier alpha value is -3.04. The molecule has 2 heterocycles. The molecule has 5 rings (SSSR count). The predicted molar refractivity (Wildman–Crippen MR) is 127 cm³/mol. The molecular weight excluding hydrogens is 456 g/mol. The molecule has 2 unspecified atom stereocenters. The zero-order chi connectivity index (χ0) is 23.7. The van der Waals surface area contributed by atoms with Gasteiger partial charge in [0, 0.05) is 18.2 Å². The summed E-state index contributed by atoms with van der Waals surface area (Å²) in [6, 6.07) is 15.5. The van der Waals surface area contributed by atoms with Crippen molar-refractivity contribution in [2.45, 2.75) is 37.0 Å². The molecule has 178 valence electrons. The number of carboxylic acids is 1. The van der Waals surface area contributed by atoms with Crippen LogP contribution in [0.5, 0.6) is 0 Å². The van der Waals surface area contributed by atoms with Gasteiger partial charge in [-0.15, -0.1) is 11.8 Å². The summed E-state index contributed by atoms with van der Waals surface area (Å²) in [6.07, 6.45) is -0.396. The van der Waals surface area contributed by atoms with Gasteiger partial charge in [0.1, 0.15) is 18.8 Å². The third-order valence-corrected chi connectivity index (χ3v) is 7.66. The zero-order valence-corrected chi connectivity index (χ0v) is 19.3. The molecule has 9 heteroatoms. The van der Waals surface area contributed by atoms with Crippen LogP contribution in [0.3, 0.4) is 0 Å². The molecule has 3 atom stereocenters. The monoisotopic (exact) mass is 482 g/mol. The van der Waals surface area contributed by atoms with Gasteiger partial charge in [0.2, 0.25) is 0 Å². The van der Waals surface area contributed by atoms with Crippen LogP contribution in [0.4, 0.5) is 4.79 Å². The summed E-state index contributed by atoms with van der Waals surface area (Å²) in [5.41, 5.74) is 4.64. The van der Waals surface area contributed by atoms with Gasteiger partial charge in [-0.1, -0.05) is 48.5 Å². The lowest BCUT2D eigenvalue weighted by molar-refractivity contribution is -0.152. The fourth-order valence-electron chi connectivity index (χ4n) is 4.93. The number of carboxylic acid groups (broad SMARTS) is 1.